The third-order valence-electron chi connectivity index (χ3n) is 4.84. The lowest BCUT2D eigenvalue weighted by Gasteiger charge is -2.34. The second-order valence-corrected chi connectivity index (χ2v) is 8.85. The number of carbonyl (C=O) groups excluding carboxylic acids is 2. The van der Waals surface area contributed by atoms with Gasteiger partial charge in [-0.2, -0.15) is 0 Å². The number of thiophene rings is 1. The number of nitrogens with zero attached hydrogens (tertiary/aromatic N) is 1. The maximum absolute atomic E-state index is 12.9. The predicted octanol–water partition coefficient (Wildman–Crippen LogP) is 4.08. The van der Waals surface area contributed by atoms with Crippen LogP contribution in [-0.4, -0.2) is 35.9 Å². The fourth-order valence-electron chi connectivity index (χ4n) is 3.53. The Morgan fingerprint density at radius 2 is 2.15 bits per heavy atom. The lowest BCUT2D eigenvalue weighted by atomic mass is 10.00. The number of fused-ring (bicyclic) bond motifs is 1. The number of benzene rings is 1. The van der Waals surface area contributed by atoms with Crippen molar-refractivity contribution in [1.29, 1.82) is 0 Å². The third-order valence-corrected chi connectivity index (χ3v) is 6.34. The molecule has 7 heteroatoms. The quantitative estimate of drug-likeness (QED) is 0.791. The van der Waals surface area contributed by atoms with Crippen LogP contribution >= 0.6 is 27.3 Å². The Balaban J connectivity index is 1.50. The molecule has 1 N–H and O–H groups in total. The number of carbonyl (C=O) groups is 2. The molecule has 2 aliphatic rings. The molecule has 1 aromatic heterocycles. The molecule has 2 aliphatic heterocycles. The molecule has 0 unspecified atom stereocenters. The van der Waals surface area contributed by atoms with Crippen molar-refractivity contribution in [1.82, 2.24) is 4.90 Å². The molecule has 1 fully saturated rings. The van der Waals surface area contributed by atoms with Crippen LogP contribution in [-0.2, 0) is 11.2 Å². The Labute approximate surface area is 164 Å². The van der Waals surface area contributed by atoms with Gasteiger partial charge in [0.2, 0.25) is 5.91 Å². The molecule has 3 heterocycles. The molecule has 1 aromatic carbocycles. The van der Waals surface area contributed by atoms with Crippen LogP contribution in [0.1, 0.15) is 35.2 Å². The van der Waals surface area contributed by atoms with E-state index in [1.807, 2.05) is 29.6 Å². The third kappa shape index (κ3) is 3.50. The van der Waals surface area contributed by atoms with E-state index in [4.69, 9.17) is 4.74 Å². The van der Waals surface area contributed by atoms with Gasteiger partial charge < -0.3 is 15.0 Å². The van der Waals surface area contributed by atoms with Crippen molar-refractivity contribution in [2.24, 2.45) is 0 Å². The summed E-state index contributed by atoms with van der Waals surface area (Å²) in [6, 6.07) is 7.10. The fourth-order valence-corrected chi connectivity index (χ4v) is 4.66. The molecule has 0 bridgehead atoms. The highest BCUT2D eigenvalue weighted by atomic mass is 79.9. The average Bonchev–Trinajstić information content (AvgIpc) is 3.29. The maximum atomic E-state index is 12.9. The second kappa shape index (κ2) is 7.40. The van der Waals surface area contributed by atoms with Gasteiger partial charge >= 0.3 is 0 Å². The van der Waals surface area contributed by atoms with Crippen molar-refractivity contribution in [2.45, 2.75) is 31.7 Å². The zero-order valence-corrected chi connectivity index (χ0v) is 16.6. The topological polar surface area (TPSA) is 58.6 Å². The van der Waals surface area contributed by atoms with Crippen molar-refractivity contribution in [3.63, 3.8) is 0 Å². The monoisotopic (exact) mass is 434 g/mol. The van der Waals surface area contributed by atoms with Gasteiger partial charge in [0.15, 0.2) is 0 Å². The molecule has 0 spiro atoms. The molecule has 0 radical (unpaired) electrons. The average molecular weight is 435 g/mol. The summed E-state index contributed by atoms with van der Waals surface area (Å²) in [5.41, 5.74) is 2.51. The van der Waals surface area contributed by atoms with Gasteiger partial charge in [0.05, 0.1) is 16.0 Å². The number of nitrogens with one attached hydrogen (secondary N) is 1. The van der Waals surface area contributed by atoms with Gasteiger partial charge in [0, 0.05) is 24.0 Å². The molecule has 4 rings (SSSR count). The summed E-state index contributed by atoms with van der Waals surface area (Å²) in [7, 11) is 0. The Hall–Kier alpha value is -1.86. The standard InChI is InChI=1S/C19H19BrN2O3S/c20-17-10-13(11-26-17)19(24)22-7-2-1-3-15(22)18(23)21-14-4-5-16-12(9-14)6-8-25-16/h4-5,9-11,15H,1-3,6-8H2,(H,21,23)/t15-/m0/s1. The summed E-state index contributed by atoms with van der Waals surface area (Å²) in [6.07, 6.45) is 3.43. The summed E-state index contributed by atoms with van der Waals surface area (Å²) in [5.74, 6) is 0.695. The summed E-state index contributed by atoms with van der Waals surface area (Å²) in [5, 5.41) is 4.82. The van der Waals surface area contributed by atoms with Gasteiger partial charge in [-0.1, -0.05) is 0 Å². The number of rotatable bonds is 3. The molecule has 2 aromatic rings. The molecule has 1 saturated heterocycles. The summed E-state index contributed by atoms with van der Waals surface area (Å²) in [4.78, 5) is 27.4. The van der Waals surface area contributed by atoms with E-state index in [1.165, 1.54) is 11.3 Å². The second-order valence-electron chi connectivity index (χ2n) is 6.56. The molecular weight excluding hydrogens is 416 g/mol. The summed E-state index contributed by atoms with van der Waals surface area (Å²) < 4.78 is 6.42. The minimum absolute atomic E-state index is 0.0749. The van der Waals surface area contributed by atoms with Crippen LogP contribution in [0.2, 0.25) is 0 Å². The minimum atomic E-state index is -0.431. The molecule has 2 amide bonds. The van der Waals surface area contributed by atoms with Crippen molar-refractivity contribution >= 4 is 44.8 Å². The first kappa shape index (κ1) is 17.5. The van der Waals surface area contributed by atoms with E-state index in [9.17, 15) is 9.59 Å². The highest BCUT2D eigenvalue weighted by Crippen LogP contribution is 2.29. The zero-order chi connectivity index (χ0) is 18.1. The largest absolute Gasteiger partial charge is 0.493 e. The molecule has 26 heavy (non-hydrogen) atoms. The number of amides is 2. The van der Waals surface area contributed by atoms with Crippen molar-refractivity contribution in [3.05, 3.63) is 44.6 Å². The Morgan fingerprint density at radius 3 is 2.96 bits per heavy atom. The highest BCUT2D eigenvalue weighted by Gasteiger charge is 2.33. The first-order valence-electron chi connectivity index (χ1n) is 8.73. The van der Waals surface area contributed by atoms with Crippen LogP contribution < -0.4 is 10.1 Å². The Morgan fingerprint density at radius 1 is 1.27 bits per heavy atom. The van der Waals surface area contributed by atoms with Gasteiger partial charge in [-0.25, -0.2) is 0 Å². The normalized spacial score (nSPS) is 19.0. The molecule has 136 valence electrons. The van der Waals surface area contributed by atoms with Gasteiger partial charge in [-0.05, 0) is 65.0 Å². The molecule has 1 atom stereocenters. The van der Waals surface area contributed by atoms with Crippen molar-refractivity contribution in [2.75, 3.05) is 18.5 Å². The van der Waals surface area contributed by atoms with Crippen molar-refractivity contribution < 1.29 is 14.3 Å². The maximum Gasteiger partial charge on any atom is 0.255 e. The van der Waals surface area contributed by atoms with Gasteiger partial charge in [-0.15, -0.1) is 11.3 Å². The van der Waals surface area contributed by atoms with Crippen LogP contribution in [0.5, 0.6) is 5.75 Å². The van der Waals surface area contributed by atoms with Gasteiger partial charge in [0.1, 0.15) is 11.8 Å². The molecule has 5 nitrogen and oxygen atoms in total. The highest BCUT2D eigenvalue weighted by molar-refractivity contribution is 9.11. The van der Waals surface area contributed by atoms with E-state index in [2.05, 4.69) is 21.2 Å². The SMILES string of the molecule is O=C(Nc1ccc2c(c1)CCO2)[C@@H]1CCCCN1C(=O)c1csc(Br)c1. The van der Waals surface area contributed by atoms with Gasteiger partial charge in [0.25, 0.3) is 5.91 Å². The van der Waals surface area contributed by atoms with Crippen LogP contribution in [0.4, 0.5) is 5.69 Å². The number of piperidine rings is 1. The van der Waals surface area contributed by atoms with Gasteiger partial charge in [-0.3, -0.25) is 9.59 Å². The van der Waals surface area contributed by atoms with E-state index < -0.39 is 6.04 Å². The van der Waals surface area contributed by atoms with E-state index in [0.717, 1.165) is 40.0 Å². The van der Waals surface area contributed by atoms with Crippen LogP contribution in [0.3, 0.4) is 0 Å². The predicted molar refractivity (Wildman–Crippen MR) is 105 cm³/mol. The summed E-state index contributed by atoms with van der Waals surface area (Å²) >= 11 is 4.87. The molecule has 0 aliphatic carbocycles. The van der Waals surface area contributed by atoms with E-state index in [-0.39, 0.29) is 11.8 Å². The first-order chi connectivity index (χ1) is 12.6. The number of hydrogen-bond acceptors (Lipinski definition) is 4. The smallest absolute Gasteiger partial charge is 0.255 e. The number of hydrogen-bond donors (Lipinski definition) is 1. The van der Waals surface area contributed by atoms with Crippen LogP contribution in [0.25, 0.3) is 0 Å². The minimum Gasteiger partial charge on any atom is -0.493 e. The van der Waals surface area contributed by atoms with Crippen LogP contribution in [0.15, 0.2) is 33.4 Å². The number of halogens is 1. The van der Waals surface area contributed by atoms with E-state index in [1.54, 1.807) is 4.90 Å². The number of ether oxygens (including phenoxy) is 1. The first-order valence-corrected chi connectivity index (χ1v) is 10.4. The van der Waals surface area contributed by atoms with Crippen molar-refractivity contribution in [3.8, 4) is 5.75 Å². The lowest BCUT2D eigenvalue weighted by Crippen LogP contribution is -2.49. The fraction of sp³-hybridized carbons (Fsp3) is 0.368. The zero-order valence-electron chi connectivity index (χ0n) is 14.2. The van der Waals surface area contributed by atoms with Crippen LogP contribution in [0, 0.1) is 0 Å². The number of likely N-dealkylation sites (tertiary alicyclic amines) is 1. The Kier molecular flexibility index (Phi) is 5.00. The lowest BCUT2D eigenvalue weighted by molar-refractivity contribution is -0.121. The molecular formula is C19H19BrN2O3S. The van der Waals surface area contributed by atoms with E-state index >= 15 is 0 Å². The number of anilines is 1. The van der Waals surface area contributed by atoms with E-state index in [0.29, 0.717) is 25.1 Å². The summed E-state index contributed by atoms with van der Waals surface area (Å²) in [6.45, 7) is 1.30. The Bertz CT molecular complexity index is 851. The molecule has 0 saturated carbocycles.